The number of ether oxygens (including phenoxy) is 1. The van der Waals surface area contributed by atoms with Crippen molar-refractivity contribution in [2.45, 2.75) is 32.9 Å². The number of nitriles is 1. The molecule has 2 heterocycles. The minimum atomic E-state index is -0.464. The number of carbonyl (C=O) groups is 2. The molecule has 0 saturated carbocycles. The number of fused-ring (bicyclic) bond motifs is 1. The molecule has 28 heavy (non-hydrogen) atoms. The van der Waals surface area contributed by atoms with Gasteiger partial charge in [-0.15, -0.1) is 0 Å². The molecule has 1 amide bonds. The number of esters is 1. The van der Waals surface area contributed by atoms with Gasteiger partial charge in [-0.3, -0.25) is 9.59 Å². The Hall–Kier alpha value is -3.59. The highest BCUT2D eigenvalue weighted by Gasteiger charge is 2.19. The number of hydrogen-bond acceptors (Lipinski definition) is 4. The maximum atomic E-state index is 12.4. The van der Waals surface area contributed by atoms with Crippen LogP contribution in [0.3, 0.4) is 0 Å². The lowest BCUT2D eigenvalue weighted by molar-refractivity contribution is -0.145. The van der Waals surface area contributed by atoms with Gasteiger partial charge in [0.1, 0.15) is 12.7 Å². The molecule has 0 fully saturated rings. The van der Waals surface area contributed by atoms with Crippen LogP contribution in [0.4, 0.5) is 0 Å². The summed E-state index contributed by atoms with van der Waals surface area (Å²) >= 11 is 0. The number of rotatable bonds is 6. The number of aromatic nitrogens is 1. The molecule has 0 aliphatic heterocycles. The number of pyridine rings is 1. The minimum Gasteiger partial charge on any atom is -0.461 e. The molecule has 1 aromatic carbocycles. The fraction of sp³-hybridized carbons (Fsp3) is 0.227. The van der Waals surface area contributed by atoms with Crippen molar-refractivity contribution in [3.8, 4) is 6.07 Å². The van der Waals surface area contributed by atoms with Crippen LogP contribution in [-0.2, 0) is 20.9 Å². The lowest BCUT2D eigenvalue weighted by Crippen LogP contribution is -2.28. The van der Waals surface area contributed by atoms with Gasteiger partial charge >= 0.3 is 5.97 Å². The maximum absolute atomic E-state index is 12.4. The Kier molecular flexibility index (Phi) is 5.75. The van der Waals surface area contributed by atoms with E-state index in [1.807, 2.05) is 60.0 Å². The third-order valence-electron chi connectivity index (χ3n) is 4.49. The molecule has 1 N–H and O–H groups in total. The van der Waals surface area contributed by atoms with E-state index in [0.717, 1.165) is 16.6 Å². The van der Waals surface area contributed by atoms with Crippen molar-refractivity contribution in [3.63, 3.8) is 0 Å². The summed E-state index contributed by atoms with van der Waals surface area (Å²) in [5, 5.41) is 12.2. The highest BCUT2D eigenvalue weighted by Crippen LogP contribution is 2.21. The third-order valence-corrected chi connectivity index (χ3v) is 4.49. The van der Waals surface area contributed by atoms with Crippen LogP contribution in [-0.4, -0.2) is 16.3 Å². The zero-order chi connectivity index (χ0) is 20.1. The van der Waals surface area contributed by atoms with Crippen molar-refractivity contribution in [1.82, 2.24) is 9.72 Å². The number of carbonyl (C=O) groups excluding carboxylic acids is 2. The molecule has 6 heteroatoms. The van der Waals surface area contributed by atoms with Gasteiger partial charge in [0.15, 0.2) is 0 Å². The largest absolute Gasteiger partial charge is 0.461 e. The van der Waals surface area contributed by atoms with Crippen LogP contribution in [0.15, 0.2) is 54.9 Å². The van der Waals surface area contributed by atoms with Crippen LogP contribution in [0.2, 0.25) is 0 Å². The molecule has 142 valence electrons. The van der Waals surface area contributed by atoms with Crippen molar-refractivity contribution in [1.29, 1.82) is 5.26 Å². The molecular formula is C22H21N3O3. The Balaban J connectivity index is 1.70. The molecule has 6 nitrogen and oxygen atoms in total. The van der Waals surface area contributed by atoms with Gasteiger partial charge in [-0.1, -0.05) is 35.9 Å². The Morgan fingerprint density at radius 1 is 1.21 bits per heavy atom. The summed E-state index contributed by atoms with van der Waals surface area (Å²) in [6.07, 6.45) is 3.63. The number of nitrogens with one attached hydrogen (secondary N) is 1. The van der Waals surface area contributed by atoms with Crippen molar-refractivity contribution < 1.29 is 14.3 Å². The lowest BCUT2D eigenvalue weighted by Gasteiger charge is -2.18. The van der Waals surface area contributed by atoms with E-state index in [-0.39, 0.29) is 18.9 Å². The maximum Gasteiger partial charge on any atom is 0.308 e. The summed E-state index contributed by atoms with van der Waals surface area (Å²) in [6.45, 7) is 3.39. The zero-order valence-corrected chi connectivity index (χ0v) is 15.8. The summed E-state index contributed by atoms with van der Waals surface area (Å²) in [5.41, 5.74) is 3.84. The normalized spacial score (nSPS) is 11.6. The lowest BCUT2D eigenvalue weighted by atomic mass is 10.0. The molecule has 3 aromatic rings. The summed E-state index contributed by atoms with van der Waals surface area (Å²) in [7, 11) is 0. The number of amides is 1. The first kappa shape index (κ1) is 19.2. The average molecular weight is 375 g/mol. The summed E-state index contributed by atoms with van der Waals surface area (Å²) < 4.78 is 7.23. The fourth-order valence-electron chi connectivity index (χ4n) is 3.10. The fourth-order valence-corrected chi connectivity index (χ4v) is 3.10. The van der Waals surface area contributed by atoms with Gasteiger partial charge in [0.25, 0.3) is 0 Å². The van der Waals surface area contributed by atoms with E-state index in [1.54, 1.807) is 6.20 Å². The molecule has 0 spiro atoms. The quantitative estimate of drug-likeness (QED) is 0.669. The van der Waals surface area contributed by atoms with E-state index in [9.17, 15) is 14.9 Å². The zero-order valence-electron chi connectivity index (χ0n) is 15.8. The van der Waals surface area contributed by atoms with E-state index in [0.29, 0.717) is 11.1 Å². The molecule has 0 aliphatic rings. The highest BCUT2D eigenvalue weighted by molar-refractivity contribution is 5.76. The Bertz CT molecular complexity index is 1050. The second-order valence-electron chi connectivity index (χ2n) is 6.66. The van der Waals surface area contributed by atoms with Gasteiger partial charge in [-0.25, -0.2) is 0 Å². The average Bonchev–Trinajstić information content (AvgIpc) is 3.03. The van der Waals surface area contributed by atoms with Crippen molar-refractivity contribution >= 4 is 17.4 Å². The monoisotopic (exact) mass is 375 g/mol. The van der Waals surface area contributed by atoms with Gasteiger partial charge in [0.2, 0.25) is 5.91 Å². The Morgan fingerprint density at radius 2 is 1.96 bits per heavy atom. The first-order chi connectivity index (χ1) is 13.5. The van der Waals surface area contributed by atoms with E-state index in [2.05, 4.69) is 11.4 Å². The summed E-state index contributed by atoms with van der Waals surface area (Å²) in [5.74, 6) is -0.665. The first-order valence-corrected chi connectivity index (χ1v) is 8.96. The number of nitrogens with zero attached hydrogens (tertiary/aromatic N) is 2. The molecule has 0 saturated heterocycles. The molecule has 3 rings (SSSR count). The predicted molar refractivity (Wildman–Crippen MR) is 104 cm³/mol. The van der Waals surface area contributed by atoms with E-state index < -0.39 is 12.0 Å². The van der Waals surface area contributed by atoms with Gasteiger partial charge in [0, 0.05) is 24.9 Å². The number of aryl methyl sites for hydroxylation is 1. The SMILES string of the molecule is CC(=O)N[C@H](CC(=O)OCc1cn2ccccc2c1C#N)c1ccc(C)cc1. The number of benzene rings is 1. The summed E-state index contributed by atoms with van der Waals surface area (Å²) in [6, 6.07) is 14.9. The van der Waals surface area contributed by atoms with Crippen LogP contribution in [0.1, 0.15) is 41.6 Å². The Morgan fingerprint density at radius 3 is 2.64 bits per heavy atom. The van der Waals surface area contributed by atoms with Gasteiger partial charge in [0.05, 0.1) is 23.5 Å². The molecule has 0 radical (unpaired) electrons. The third kappa shape index (κ3) is 4.38. The smallest absolute Gasteiger partial charge is 0.308 e. The predicted octanol–water partition coefficient (Wildman–Crippen LogP) is 3.43. The number of hydrogen-bond donors (Lipinski definition) is 1. The van der Waals surface area contributed by atoms with E-state index in [4.69, 9.17) is 4.74 Å². The second kappa shape index (κ2) is 8.40. The van der Waals surface area contributed by atoms with E-state index in [1.165, 1.54) is 6.92 Å². The topological polar surface area (TPSA) is 83.6 Å². The van der Waals surface area contributed by atoms with Crippen LogP contribution in [0.25, 0.3) is 5.52 Å². The van der Waals surface area contributed by atoms with Gasteiger partial charge in [-0.05, 0) is 24.6 Å². The standard InChI is InChI=1S/C22H21N3O3/c1-15-6-8-17(9-7-15)20(24-16(2)26)11-22(27)28-14-18-13-25-10-4-3-5-21(25)19(18)12-23/h3-10,13,20H,11,14H2,1-2H3,(H,24,26)/t20-/m1/s1. The molecule has 1 atom stereocenters. The highest BCUT2D eigenvalue weighted by atomic mass is 16.5. The van der Waals surface area contributed by atoms with Gasteiger partial charge < -0.3 is 14.5 Å². The van der Waals surface area contributed by atoms with Crippen molar-refractivity contribution in [3.05, 3.63) is 77.1 Å². The minimum absolute atomic E-state index is 0.00406. The molecule has 0 aliphatic carbocycles. The van der Waals surface area contributed by atoms with Crippen molar-refractivity contribution in [2.75, 3.05) is 0 Å². The summed E-state index contributed by atoms with van der Waals surface area (Å²) in [4.78, 5) is 23.9. The molecular weight excluding hydrogens is 354 g/mol. The second-order valence-corrected chi connectivity index (χ2v) is 6.66. The van der Waals surface area contributed by atoms with Crippen LogP contribution in [0.5, 0.6) is 0 Å². The van der Waals surface area contributed by atoms with Crippen LogP contribution < -0.4 is 5.32 Å². The molecule has 0 bridgehead atoms. The van der Waals surface area contributed by atoms with Crippen molar-refractivity contribution in [2.24, 2.45) is 0 Å². The molecule has 0 unspecified atom stereocenters. The first-order valence-electron chi connectivity index (χ1n) is 8.96. The van der Waals surface area contributed by atoms with Crippen LogP contribution in [0, 0.1) is 18.3 Å². The van der Waals surface area contributed by atoms with E-state index >= 15 is 0 Å². The molecule has 2 aromatic heterocycles. The van der Waals surface area contributed by atoms with Gasteiger partial charge in [-0.2, -0.15) is 5.26 Å². The van der Waals surface area contributed by atoms with Crippen LogP contribution >= 0.6 is 0 Å². The Labute approximate surface area is 163 Å².